The van der Waals surface area contributed by atoms with Crippen LogP contribution in [0.2, 0.25) is 0 Å². The van der Waals surface area contributed by atoms with Gasteiger partial charge in [0.2, 0.25) is 0 Å². The van der Waals surface area contributed by atoms with Gasteiger partial charge in [-0.25, -0.2) is 12.8 Å². The minimum atomic E-state index is 0. The molecule has 7 aliphatic rings. The van der Waals surface area contributed by atoms with Crippen LogP contribution in [-0.4, -0.2) is 0 Å². The molecular weight excluding hydrogens is 435 g/mol. The van der Waals surface area contributed by atoms with Crippen LogP contribution in [0.1, 0.15) is 38.5 Å². The van der Waals surface area contributed by atoms with Crippen molar-refractivity contribution < 1.29 is 98.1 Å². The Balaban J connectivity index is 0.000000360. The summed E-state index contributed by atoms with van der Waals surface area (Å²) in [5.41, 5.74) is 0. The maximum atomic E-state index is 2.03. The summed E-state index contributed by atoms with van der Waals surface area (Å²) >= 11 is 0. The van der Waals surface area contributed by atoms with E-state index in [4.69, 9.17) is 0 Å². The van der Waals surface area contributed by atoms with Crippen LogP contribution in [0.4, 0.5) is 0 Å². The van der Waals surface area contributed by atoms with Gasteiger partial charge >= 0.3 is 0 Å². The van der Waals surface area contributed by atoms with Gasteiger partial charge in [-0.1, -0.05) is 17.8 Å². The van der Waals surface area contributed by atoms with Gasteiger partial charge in [-0.3, -0.25) is 0 Å². The van der Waals surface area contributed by atoms with Gasteiger partial charge in [0.15, 0.2) is 0 Å². The van der Waals surface area contributed by atoms with Gasteiger partial charge in [0, 0.05) is 98.1 Å². The van der Waals surface area contributed by atoms with Gasteiger partial charge in [-0.05, 0) is 0 Å². The van der Waals surface area contributed by atoms with Gasteiger partial charge in [0.05, 0.1) is 0 Å². The van der Waals surface area contributed by atoms with Crippen molar-refractivity contribution in [3.05, 3.63) is 17.8 Å². The first-order chi connectivity index (χ1) is 6.90. The third-order valence-electron chi connectivity index (χ3n) is 6.13. The van der Waals surface area contributed by atoms with Crippen LogP contribution < -0.4 is 0 Å². The Morgan fingerprint density at radius 1 is 0.588 bits per heavy atom. The van der Waals surface area contributed by atoms with Crippen molar-refractivity contribution in [3.63, 3.8) is 0 Å². The standard InChI is InChI=1S/C14H17.3Y/c1-7-2-12-10-4-8-5-11(9(1)10)13(3-7)14(12)6-8;;;/h9-13H,1-6H2;;;/q-3;;;. The van der Waals surface area contributed by atoms with Crippen LogP contribution >= 0.6 is 0 Å². The molecule has 0 aromatic rings. The fraction of sp³-hybridized carbons (Fsp3) is 0.786. The Kier molecular flexibility index (Phi) is 5.73. The second-order valence-electron chi connectivity index (χ2n) is 6.48. The summed E-state index contributed by atoms with van der Waals surface area (Å²) in [6.07, 6.45) is 9.13. The molecule has 3 radical (unpaired) electrons. The second-order valence-corrected chi connectivity index (χ2v) is 6.48. The summed E-state index contributed by atoms with van der Waals surface area (Å²) in [7, 11) is 0. The Bertz CT molecular complexity index is 216. The number of hydrogen-bond donors (Lipinski definition) is 0. The molecule has 7 fully saturated rings. The first-order valence-corrected chi connectivity index (χ1v) is 6.43. The molecule has 0 amide bonds. The maximum absolute atomic E-state index is 2.03. The molecule has 7 aliphatic carbocycles. The molecule has 0 aromatic heterocycles. The zero-order valence-electron chi connectivity index (χ0n) is 10.4. The molecule has 7 saturated carbocycles. The van der Waals surface area contributed by atoms with E-state index < -0.39 is 0 Å². The topological polar surface area (TPSA) is 0 Å². The minimum Gasteiger partial charge on any atom is -0.342 e. The smallest absolute Gasteiger partial charge is 0 e. The SMILES string of the molecule is C1[C-]2CC3C4C[C-]5CC([C-]14)C(C2)C3C5.[Y].[Y].[Y]. The van der Waals surface area contributed by atoms with Crippen LogP contribution in [0.3, 0.4) is 0 Å². The first-order valence-electron chi connectivity index (χ1n) is 6.43. The van der Waals surface area contributed by atoms with E-state index in [0.29, 0.717) is 0 Å². The van der Waals surface area contributed by atoms with Gasteiger partial charge in [-0.15, -0.1) is 0 Å². The summed E-state index contributed by atoms with van der Waals surface area (Å²) in [5.74, 6) is 11.5. The fourth-order valence-corrected chi connectivity index (χ4v) is 5.84. The van der Waals surface area contributed by atoms with E-state index in [1.165, 1.54) is 32.1 Å². The molecule has 0 aliphatic heterocycles. The molecule has 8 bridgehead atoms. The summed E-state index contributed by atoms with van der Waals surface area (Å²) < 4.78 is 0. The molecule has 4 unspecified atom stereocenters. The summed E-state index contributed by atoms with van der Waals surface area (Å²) in [6.45, 7) is 0. The van der Waals surface area contributed by atoms with Crippen molar-refractivity contribution >= 4 is 0 Å². The molecule has 0 aromatic carbocycles. The molecule has 0 heterocycles. The van der Waals surface area contributed by atoms with Gasteiger partial charge in [0.1, 0.15) is 0 Å². The summed E-state index contributed by atoms with van der Waals surface area (Å²) in [5, 5.41) is 0. The molecule has 0 spiro atoms. The zero-order chi connectivity index (χ0) is 8.86. The van der Waals surface area contributed by atoms with Crippen LogP contribution in [-0.2, 0) is 98.1 Å². The first kappa shape index (κ1) is 16.7. The van der Waals surface area contributed by atoms with Crippen molar-refractivity contribution in [3.8, 4) is 0 Å². The van der Waals surface area contributed by atoms with Crippen LogP contribution in [0, 0.1) is 47.3 Å². The molecule has 0 N–H and O–H groups in total. The molecule has 4 atom stereocenters. The van der Waals surface area contributed by atoms with E-state index in [2.05, 4.69) is 0 Å². The summed E-state index contributed by atoms with van der Waals surface area (Å²) in [4.78, 5) is 0. The molecule has 3 heteroatoms. The minimum absolute atomic E-state index is 0. The third kappa shape index (κ3) is 2.20. The molecular formula is C14H17Y3-3. The quantitative estimate of drug-likeness (QED) is 0.496. The zero-order valence-corrected chi connectivity index (χ0v) is 18.9. The van der Waals surface area contributed by atoms with E-state index >= 15 is 0 Å². The van der Waals surface area contributed by atoms with Gasteiger partial charge in [-0.2, -0.15) is 31.1 Å². The normalized spacial score (nSPS) is 49.8. The van der Waals surface area contributed by atoms with Crippen molar-refractivity contribution in [2.24, 2.45) is 29.6 Å². The van der Waals surface area contributed by atoms with Crippen molar-refractivity contribution in [1.29, 1.82) is 0 Å². The second kappa shape index (κ2) is 5.84. The van der Waals surface area contributed by atoms with E-state index in [-0.39, 0.29) is 98.1 Å². The molecule has 85 valence electrons. The Morgan fingerprint density at radius 2 is 1.12 bits per heavy atom. The Morgan fingerprint density at radius 3 is 1.71 bits per heavy atom. The summed E-state index contributed by atoms with van der Waals surface area (Å²) in [6, 6.07) is 0. The van der Waals surface area contributed by atoms with Crippen molar-refractivity contribution in [2.75, 3.05) is 0 Å². The monoisotopic (exact) mass is 452 g/mol. The van der Waals surface area contributed by atoms with E-state index in [0.717, 1.165) is 29.6 Å². The average molecular weight is 452 g/mol. The fourth-order valence-electron chi connectivity index (χ4n) is 5.84. The van der Waals surface area contributed by atoms with Gasteiger partial charge < -0.3 is 24.2 Å². The maximum Gasteiger partial charge on any atom is 0 e. The predicted molar refractivity (Wildman–Crippen MR) is 54.9 cm³/mol. The molecule has 0 saturated heterocycles. The van der Waals surface area contributed by atoms with Crippen molar-refractivity contribution in [1.82, 2.24) is 0 Å². The average Bonchev–Trinajstić information content (AvgIpc) is 2.24. The number of hydrogen-bond acceptors (Lipinski definition) is 0. The Labute approximate surface area is 181 Å². The number of rotatable bonds is 0. The van der Waals surface area contributed by atoms with Crippen LogP contribution in [0.5, 0.6) is 0 Å². The largest absolute Gasteiger partial charge is 0.342 e. The molecule has 17 heavy (non-hydrogen) atoms. The van der Waals surface area contributed by atoms with E-state index in [1.807, 2.05) is 17.8 Å². The predicted octanol–water partition coefficient (Wildman–Crippen LogP) is 3.19. The van der Waals surface area contributed by atoms with Crippen molar-refractivity contribution in [2.45, 2.75) is 38.5 Å². The van der Waals surface area contributed by atoms with E-state index in [1.54, 1.807) is 6.42 Å². The van der Waals surface area contributed by atoms with E-state index in [9.17, 15) is 0 Å². The Hall–Kier alpha value is 3.31. The third-order valence-corrected chi connectivity index (χ3v) is 6.13. The molecule has 0 nitrogen and oxygen atoms in total. The van der Waals surface area contributed by atoms with Crippen LogP contribution in [0.25, 0.3) is 0 Å². The van der Waals surface area contributed by atoms with Crippen LogP contribution in [0.15, 0.2) is 0 Å². The van der Waals surface area contributed by atoms with Gasteiger partial charge in [0.25, 0.3) is 0 Å². The molecule has 7 rings (SSSR count).